The molecule has 0 spiro atoms. The summed E-state index contributed by atoms with van der Waals surface area (Å²) in [6.45, 7) is 3.15. The van der Waals surface area contributed by atoms with E-state index in [0.717, 1.165) is 5.41 Å². The molecule has 1 rings (SSSR count). The van der Waals surface area contributed by atoms with E-state index in [1.165, 1.54) is 18.3 Å². The maximum atomic E-state index is 11.2. The highest BCUT2D eigenvalue weighted by Gasteiger charge is 2.10. The first-order valence-electron chi connectivity index (χ1n) is 3.34. The molecular weight excluding hydrogens is 188 g/mol. The van der Waals surface area contributed by atoms with Crippen molar-refractivity contribution in [3.8, 4) is 6.07 Å². The molecule has 0 fully saturated rings. The highest BCUT2D eigenvalue weighted by Crippen LogP contribution is 2.09. The van der Waals surface area contributed by atoms with E-state index in [2.05, 4.69) is 11.6 Å². The van der Waals surface area contributed by atoms with E-state index in [-0.39, 0.29) is 10.6 Å². The Labute approximate surface area is 76.1 Å². The minimum Gasteiger partial charge on any atom is -0.244 e. The van der Waals surface area contributed by atoms with Crippen molar-refractivity contribution >= 4 is 9.84 Å². The van der Waals surface area contributed by atoms with Crippen molar-refractivity contribution in [2.24, 2.45) is 0 Å². The van der Waals surface area contributed by atoms with Crippen LogP contribution < -0.4 is 0 Å². The average Bonchev–Trinajstić information content (AvgIpc) is 2.18. The maximum absolute atomic E-state index is 11.2. The lowest BCUT2D eigenvalue weighted by molar-refractivity contribution is 0.601. The SMILES string of the molecule is C=CS(=O)(=O)c1cc(C#N)ccn1. The Bertz CT molecular complexity index is 471. The molecule has 0 bridgehead atoms. The number of hydrogen-bond acceptors (Lipinski definition) is 4. The van der Waals surface area contributed by atoms with E-state index in [9.17, 15) is 8.42 Å². The lowest BCUT2D eigenvalue weighted by Crippen LogP contribution is -1.98. The summed E-state index contributed by atoms with van der Waals surface area (Å²) >= 11 is 0. The van der Waals surface area contributed by atoms with Crippen molar-refractivity contribution in [1.82, 2.24) is 4.98 Å². The first kappa shape index (κ1) is 9.42. The molecule has 5 heteroatoms. The van der Waals surface area contributed by atoms with Crippen LogP contribution in [0.25, 0.3) is 0 Å². The van der Waals surface area contributed by atoms with E-state index in [4.69, 9.17) is 5.26 Å². The van der Waals surface area contributed by atoms with E-state index in [1.54, 1.807) is 0 Å². The third-order valence-electron chi connectivity index (χ3n) is 1.37. The number of nitrogens with zero attached hydrogens (tertiary/aromatic N) is 2. The van der Waals surface area contributed by atoms with Gasteiger partial charge in [0, 0.05) is 11.6 Å². The second-order valence-electron chi connectivity index (χ2n) is 2.21. The van der Waals surface area contributed by atoms with Crippen molar-refractivity contribution in [2.45, 2.75) is 5.03 Å². The first-order valence-corrected chi connectivity index (χ1v) is 4.88. The summed E-state index contributed by atoms with van der Waals surface area (Å²) in [7, 11) is -3.53. The van der Waals surface area contributed by atoms with Gasteiger partial charge in [0.1, 0.15) is 0 Å². The second-order valence-corrected chi connectivity index (χ2v) is 4.05. The van der Waals surface area contributed by atoms with Crippen molar-refractivity contribution in [2.75, 3.05) is 0 Å². The number of sulfone groups is 1. The van der Waals surface area contributed by atoms with Crippen LogP contribution in [0.15, 0.2) is 35.3 Å². The molecule has 0 radical (unpaired) electrons. The van der Waals surface area contributed by atoms with Crippen molar-refractivity contribution in [3.05, 3.63) is 35.9 Å². The summed E-state index contributed by atoms with van der Waals surface area (Å²) in [4.78, 5) is 3.62. The Morgan fingerprint density at radius 3 is 2.85 bits per heavy atom. The second kappa shape index (κ2) is 3.37. The summed E-state index contributed by atoms with van der Waals surface area (Å²) in [6.07, 6.45) is 1.27. The van der Waals surface area contributed by atoms with Gasteiger partial charge in [-0.05, 0) is 12.1 Å². The van der Waals surface area contributed by atoms with Crippen molar-refractivity contribution < 1.29 is 8.42 Å². The average molecular weight is 194 g/mol. The topological polar surface area (TPSA) is 70.8 Å². The van der Waals surface area contributed by atoms with Crippen LogP contribution in [0.1, 0.15) is 5.56 Å². The van der Waals surface area contributed by atoms with Gasteiger partial charge < -0.3 is 0 Å². The van der Waals surface area contributed by atoms with Crippen LogP contribution in [0.3, 0.4) is 0 Å². The predicted octanol–water partition coefficient (Wildman–Crippen LogP) is 0.870. The van der Waals surface area contributed by atoms with E-state index in [1.807, 2.05) is 6.07 Å². The molecule has 0 atom stereocenters. The zero-order valence-electron chi connectivity index (χ0n) is 6.64. The Balaban J connectivity index is 3.34. The number of pyridine rings is 1. The molecule has 1 aromatic rings. The molecule has 0 aliphatic carbocycles. The molecule has 66 valence electrons. The number of hydrogen-bond donors (Lipinski definition) is 0. The number of nitriles is 1. The van der Waals surface area contributed by atoms with Gasteiger partial charge in [0.15, 0.2) is 5.03 Å². The minimum absolute atomic E-state index is 0.151. The fraction of sp³-hybridized carbons (Fsp3) is 0. The van der Waals surface area contributed by atoms with E-state index in [0.29, 0.717) is 0 Å². The largest absolute Gasteiger partial charge is 0.244 e. The van der Waals surface area contributed by atoms with Crippen molar-refractivity contribution in [1.29, 1.82) is 5.26 Å². The van der Waals surface area contributed by atoms with E-state index >= 15 is 0 Å². The molecule has 0 aliphatic heterocycles. The molecule has 0 amide bonds. The summed E-state index contributed by atoms with van der Waals surface area (Å²) in [5.41, 5.74) is 0.260. The Morgan fingerprint density at radius 1 is 1.62 bits per heavy atom. The standard InChI is InChI=1S/C8H6N2O2S/c1-2-13(11,12)8-5-7(6-9)3-4-10-8/h2-5H,1H2. The molecular formula is C8H6N2O2S. The highest BCUT2D eigenvalue weighted by atomic mass is 32.2. The third kappa shape index (κ3) is 1.92. The van der Waals surface area contributed by atoms with Gasteiger partial charge in [-0.15, -0.1) is 0 Å². The quantitative estimate of drug-likeness (QED) is 0.700. The number of aromatic nitrogens is 1. The highest BCUT2D eigenvalue weighted by molar-refractivity contribution is 7.94. The predicted molar refractivity (Wildman–Crippen MR) is 46.3 cm³/mol. The molecule has 1 heterocycles. The summed E-state index contributed by atoms with van der Waals surface area (Å²) in [5.74, 6) is 0. The van der Waals surface area contributed by atoms with Crippen LogP contribution in [0.2, 0.25) is 0 Å². The van der Waals surface area contributed by atoms with Gasteiger partial charge in [-0.3, -0.25) is 0 Å². The van der Waals surface area contributed by atoms with Gasteiger partial charge in [-0.25, -0.2) is 13.4 Å². The zero-order chi connectivity index (χ0) is 9.90. The molecule has 0 saturated heterocycles. The van der Waals surface area contributed by atoms with Gasteiger partial charge in [0.2, 0.25) is 9.84 Å². The van der Waals surface area contributed by atoms with Crippen LogP contribution in [-0.2, 0) is 9.84 Å². The molecule has 0 N–H and O–H groups in total. The molecule has 0 aromatic carbocycles. The Kier molecular flexibility index (Phi) is 2.44. The lowest BCUT2D eigenvalue weighted by Gasteiger charge is -1.96. The smallest absolute Gasteiger partial charge is 0.216 e. The normalized spacial score (nSPS) is 10.4. The molecule has 1 aromatic heterocycles. The zero-order valence-corrected chi connectivity index (χ0v) is 7.45. The maximum Gasteiger partial charge on any atom is 0.216 e. The molecule has 0 unspecified atom stereocenters. The monoisotopic (exact) mass is 194 g/mol. The van der Waals surface area contributed by atoms with Gasteiger partial charge in [0.25, 0.3) is 0 Å². The minimum atomic E-state index is -3.53. The molecule has 0 saturated carbocycles. The summed E-state index contributed by atoms with van der Waals surface area (Å²) < 4.78 is 22.4. The van der Waals surface area contributed by atoms with Crippen LogP contribution in [0.4, 0.5) is 0 Å². The Morgan fingerprint density at radius 2 is 2.31 bits per heavy atom. The van der Waals surface area contributed by atoms with Crippen LogP contribution >= 0.6 is 0 Å². The van der Waals surface area contributed by atoms with Gasteiger partial charge >= 0.3 is 0 Å². The molecule has 13 heavy (non-hydrogen) atoms. The fourth-order valence-electron chi connectivity index (χ4n) is 0.720. The van der Waals surface area contributed by atoms with Crippen LogP contribution in [-0.4, -0.2) is 13.4 Å². The number of rotatable bonds is 2. The van der Waals surface area contributed by atoms with Crippen molar-refractivity contribution in [3.63, 3.8) is 0 Å². The molecule has 4 nitrogen and oxygen atoms in total. The first-order chi connectivity index (χ1) is 6.10. The summed E-state index contributed by atoms with van der Waals surface area (Å²) in [5, 5.41) is 9.15. The van der Waals surface area contributed by atoms with Gasteiger partial charge in [0.05, 0.1) is 11.6 Å². The fourth-order valence-corrected chi connectivity index (χ4v) is 1.39. The summed E-state index contributed by atoms with van der Waals surface area (Å²) in [6, 6.07) is 4.46. The van der Waals surface area contributed by atoms with Gasteiger partial charge in [-0.2, -0.15) is 5.26 Å². The van der Waals surface area contributed by atoms with Gasteiger partial charge in [-0.1, -0.05) is 6.58 Å². The lowest BCUT2D eigenvalue weighted by atomic mass is 10.3. The Hall–Kier alpha value is -1.67. The van der Waals surface area contributed by atoms with Crippen LogP contribution in [0, 0.1) is 11.3 Å². The van der Waals surface area contributed by atoms with Crippen LogP contribution in [0.5, 0.6) is 0 Å². The van der Waals surface area contributed by atoms with E-state index < -0.39 is 9.84 Å². The third-order valence-corrected chi connectivity index (χ3v) is 2.62. The molecule has 0 aliphatic rings.